The van der Waals surface area contributed by atoms with E-state index in [-0.39, 0.29) is 17.9 Å². The maximum atomic E-state index is 12.5. The van der Waals surface area contributed by atoms with E-state index >= 15 is 0 Å². The Morgan fingerprint density at radius 3 is 3.04 bits per heavy atom. The second-order valence-electron chi connectivity index (χ2n) is 5.39. The average Bonchev–Trinajstić information content (AvgIpc) is 3.23. The van der Waals surface area contributed by atoms with Crippen LogP contribution in [0, 0.1) is 0 Å². The molecule has 2 aromatic rings. The summed E-state index contributed by atoms with van der Waals surface area (Å²) in [5, 5.41) is 6.40. The number of nitrogens with one attached hydrogen (secondary N) is 1. The molecule has 1 aliphatic heterocycles. The summed E-state index contributed by atoms with van der Waals surface area (Å²) in [7, 11) is 0. The number of carbonyl (C=O) groups excluding carboxylic acids is 2. The number of hydrogen-bond acceptors (Lipinski definition) is 6. The van der Waals surface area contributed by atoms with Gasteiger partial charge in [-0.25, -0.2) is 0 Å². The largest absolute Gasteiger partial charge is 0.364 e. The van der Waals surface area contributed by atoms with Crippen molar-refractivity contribution in [2.75, 3.05) is 6.54 Å². The number of nitrogens with zero attached hydrogens (tertiary/aromatic N) is 4. The number of hydrogen-bond donors (Lipinski definition) is 1. The lowest BCUT2D eigenvalue weighted by atomic mass is 10.1. The van der Waals surface area contributed by atoms with E-state index < -0.39 is 0 Å². The summed E-state index contributed by atoms with van der Waals surface area (Å²) < 4.78 is 4.74. The van der Waals surface area contributed by atoms with Crippen LogP contribution >= 0.6 is 0 Å². The van der Waals surface area contributed by atoms with Gasteiger partial charge in [-0.2, -0.15) is 0 Å². The lowest BCUT2D eigenvalue weighted by Gasteiger charge is -2.23. The first-order chi connectivity index (χ1) is 11.1. The Labute approximate surface area is 132 Å². The fourth-order valence-electron chi connectivity index (χ4n) is 2.67. The molecule has 23 heavy (non-hydrogen) atoms. The van der Waals surface area contributed by atoms with Crippen LogP contribution in [0.3, 0.4) is 0 Å². The van der Waals surface area contributed by atoms with Crippen molar-refractivity contribution >= 4 is 11.8 Å². The highest BCUT2D eigenvalue weighted by Crippen LogP contribution is 2.31. The van der Waals surface area contributed by atoms with Gasteiger partial charge in [0.15, 0.2) is 5.69 Å². The predicted molar refractivity (Wildman–Crippen MR) is 79.1 cm³/mol. The molecular formula is C15H17N5O3. The Balaban J connectivity index is 1.78. The van der Waals surface area contributed by atoms with Crippen LogP contribution in [0.25, 0.3) is 0 Å². The Hall–Kier alpha value is -2.77. The van der Waals surface area contributed by atoms with E-state index in [0.717, 1.165) is 18.5 Å². The normalized spacial score (nSPS) is 17.3. The van der Waals surface area contributed by atoms with Crippen molar-refractivity contribution in [1.29, 1.82) is 0 Å². The Morgan fingerprint density at radius 1 is 1.43 bits per heavy atom. The van der Waals surface area contributed by atoms with Gasteiger partial charge in [0.05, 0.1) is 36.4 Å². The molecule has 3 heterocycles. The topological polar surface area (TPSA) is 101 Å². The summed E-state index contributed by atoms with van der Waals surface area (Å²) in [5.74, 6) is -0.295. The molecule has 1 atom stereocenters. The van der Waals surface area contributed by atoms with Crippen LogP contribution in [0.5, 0.6) is 0 Å². The van der Waals surface area contributed by atoms with E-state index in [0.29, 0.717) is 24.5 Å². The molecule has 1 fully saturated rings. The van der Waals surface area contributed by atoms with Crippen molar-refractivity contribution in [3.63, 3.8) is 0 Å². The highest BCUT2D eigenvalue weighted by molar-refractivity contribution is 5.92. The van der Waals surface area contributed by atoms with Crippen molar-refractivity contribution in [2.24, 2.45) is 0 Å². The fourth-order valence-corrected chi connectivity index (χ4v) is 2.67. The minimum atomic E-state index is -0.171. The smallest absolute Gasteiger partial charge is 0.276 e. The summed E-state index contributed by atoms with van der Waals surface area (Å²) in [5.41, 5.74) is 1.68. The Morgan fingerprint density at radius 2 is 2.30 bits per heavy atom. The molecule has 0 saturated carbocycles. The van der Waals surface area contributed by atoms with Crippen LogP contribution in [-0.4, -0.2) is 38.4 Å². The SMILES string of the molecule is CC(=O)NCc1cncc(C2CCCN2C(=O)c2ccon2)n1. The summed E-state index contributed by atoms with van der Waals surface area (Å²) in [6, 6.07) is 1.42. The highest BCUT2D eigenvalue weighted by atomic mass is 16.5. The fraction of sp³-hybridized carbons (Fsp3) is 0.400. The van der Waals surface area contributed by atoms with Gasteiger partial charge in [-0.15, -0.1) is 0 Å². The van der Waals surface area contributed by atoms with Gasteiger partial charge < -0.3 is 14.7 Å². The molecule has 0 aromatic carbocycles. The lowest BCUT2D eigenvalue weighted by Crippen LogP contribution is -2.31. The minimum Gasteiger partial charge on any atom is -0.364 e. The first kappa shape index (κ1) is 15.1. The lowest BCUT2D eigenvalue weighted by molar-refractivity contribution is -0.119. The molecule has 0 spiro atoms. The van der Waals surface area contributed by atoms with Gasteiger partial charge in [-0.05, 0) is 12.8 Å². The predicted octanol–water partition coefficient (Wildman–Crippen LogP) is 1.08. The zero-order valence-corrected chi connectivity index (χ0v) is 12.7. The van der Waals surface area contributed by atoms with Gasteiger partial charge in [-0.1, -0.05) is 5.16 Å². The molecule has 2 aromatic heterocycles. The molecule has 1 saturated heterocycles. The third-order valence-electron chi connectivity index (χ3n) is 3.73. The third-order valence-corrected chi connectivity index (χ3v) is 3.73. The molecule has 0 aliphatic carbocycles. The average molecular weight is 315 g/mol. The molecule has 1 unspecified atom stereocenters. The molecule has 1 N–H and O–H groups in total. The van der Waals surface area contributed by atoms with E-state index in [4.69, 9.17) is 4.52 Å². The summed E-state index contributed by atoms with van der Waals surface area (Å²) in [4.78, 5) is 33.9. The zero-order valence-electron chi connectivity index (χ0n) is 12.7. The van der Waals surface area contributed by atoms with Crippen LogP contribution < -0.4 is 5.32 Å². The van der Waals surface area contributed by atoms with Crippen LogP contribution in [0.2, 0.25) is 0 Å². The Bertz CT molecular complexity index is 701. The zero-order chi connectivity index (χ0) is 16.2. The van der Waals surface area contributed by atoms with Crippen LogP contribution in [-0.2, 0) is 11.3 Å². The van der Waals surface area contributed by atoms with Gasteiger partial charge in [0.1, 0.15) is 6.26 Å². The van der Waals surface area contributed by atoms with E-state index in [1.54, 1.807) is 23.4 Å². The second kappa shape index (κ2) is 6.55. The van der Waals surface area contributed by atoms with E-state index in [1.165, 1.54) is 13.2 Å². The van der Waals surface area contributed by atoms with Crippen molar-refractivity contribution < 1.29 is 14.1 Å². The maximum absolute atomic E-state index is 12.5. The number of rotatable bonds is 4. The third kappa shape index (κ3) is 3.36. The van der Waals surface area contributed by atoms with Crippen LogP contribution in [0.15, 0.2) is 29.2 Å². The summed E-state index contributed by atoms with van der Waals surface area (Å²) in [6.07, 6.45) is 6.37. The van der Waals surface area contributed by atoms with Crippen LogP contribution in [0.1, 0.15) is 47.7 Å². The van der Waals surface area contributed by atoms with Crippen LogP contribution in [0.4, 0.5) is 0 Å². The van der Waals surface area contributed by atoms with Gasteiger partial charge >= 0.3 is 0 Å². The first-order valence-corrected chi connectivity index (χ1v) is 7.42. The molecule has 0 bridgehead atoms. The van der Waals surface area contributed by atoms with Crippen molar-refractivity contribution in [3.8, 4) is 0 Å². The Kier molecular flexibility index (Phi) is 4.31. The maximum Gasteiger partial charge on any atom is 0.276 e. The van der Waals surface area contributed by atoms with Crippen molar-refractivity contribution in [1.82, 2.24) is 25.3 Å². The van der Waals surface area contributed by atoms with E-state index in [9.17, 15) is 9.59 Å². The summed E-state index contributed by atoms with van der Waals surface area (Å²) in [6.45, 7) is 2.42. The molecular weight excluding hydrogens is 298 g/mol. The monoisotopic (exact) mass is 315 g/mol. The van der Waals surface area contributed by atoms with Crippen molar-refractivity contribution in [2.45, 2.75) is 32.4 Å². The summed E-state index contributed by atoms with van der Waals surface area (Å²) >= 11 is 0. The number of amides is 2. The molecule has 8 heteroatoms. The quantitative estimate of drug-likeness (QED) is 0.906. The number of likely N-dealkylation sites (tertiary alicyclic amines) is 1. The molecule has 120 valence electrons. The van der Waals surface area contributed by atoms with Crippen molar-refractivity contribution in [3.05, 3.63) is 41.8 Å². The molecule has 8 nitrogen and oxygen atoms in total. The molecule has 0 radical (unpaired) electrons. The van der Waals surface area contributed by atoms with Gasteiger partial charge in [0.2, 0.25) is 5.91 Å². The van der Waals surface area contributed by atoms with Gasteiger partial charge in [-0.3, -0.25) is 19.6 Å². The second-order valence-corrected chi connectivity index (χ2v) is 5.39. The number of carbonyl (C=O) groups is 2. The van der Waals surface area contributed by atoms with E-state index in [2.05, 4.69) is 20.4 Å². The minimum absolute atomic E-state index is 0.124. The first-order valence-electron chi connectivity index (χ1n) is 7.42. The molecule has 2 amide bonds. The highest BCUT2D eigenvalue weighted by Gasteiger charge is 2.32. The standard InChI is InChI=1S/C15H17N5O3/c1-10(21)17-8-11-7-16-9-13(18-11)14-3-2-5-20(14)15(22)12-4-6-23-19-12/h4,6-7,9,14H,2-3,5,8H2,1H3,(H,17,21). The molecule has 3 rings (SSSR count). The van der Waals surface area contributed by atoms with Gasteiger partial charge in [0.25, 0.3) is 5.91 Å². The van der Waals surface area contributed by atoms with E-state index in [1.807, 2.05) is 0 Å². The molecule has 1 aliphatic rings. The van der Waals surface area contributed by atoms with Gasteiger partial charge in [0, 0.05) is 19.5 Å². The number of aromatic nitrogens is 3.